The van der Waals surface area contributed by atoms with E-state index in [1.54, 1.807) is 24.3 Å². The molecule has 8 nitrogen and oxygen atoms in total. The number of unbranched alkanes of at least 4 members (excludes halogenated alkanes) is 1. The van der Waals surface area contributed by atoms with E-state index in [2.05, 4.69) is 12.2 Å². The number of imide groups is 1. The van der Waals surface area contributed by atoms with Gasteiger partial charge in [0.25, 0.3) is 11.8 Å². The highest BCUT2D eigenvalue weighted by atomic mass is 16.5. The molecule has 0 radical (unpaired) electrons. The zero-order valence-corrected chi connectivity index (χ0v) is 17.2. The van der Waals surface area contributed by atoms with Crippen LogP contribution in [-0.2, 0) is 9.53 Å². The molecule has 0 aromatic heterocycles. The summed E-state index contributed by atoms with van der Waals surface area (Å²) in [5.41, 5.74) is 0.390. The van der Waals surface area contributed by atoms with Crippen molar-refractivity contribution in [1.29, 1.82) is 0 Å². The number of carbonyl (C=O) groups excluding carboxylic acids is 3. The molecule has 0 heterocycles. The molecule has 30 heavy (non-hydrogen) atoms. The fourth-order valence-corrected chi connectivity index (χ4v) is 2.52. The highest BCUT2D eigenvalue weighted by molar-refractivity contribution is 6.07. The van der Waals surface area contributed by atoms with Gasteiger partial charge in [-0.1, -0.05) is 25.5 Å². The summed E-state index contributed by atoms with van der Waals surface area (Å²) in [5.74, 6) is -0.907. The van der Waals surface area contributed by atoms with Gasteiger partial charge in [-0.2, -0.15) is 0 Å². The third kappa shape index (κ3) is 6.23. The van der Waals surface area contributed by atoms with E-state index in [1.807, 2.05) is 0 Å². The van der Waals surface area contributed by atoms with Crippen molar-refractivity contribution in [2.45, 2.75) is 19.8 Å². The Morgan fingerprint density at radius 3 is 2.37 bits per heavy atom. The van der Waals surface area contributed by atoms with Crippen molar-refractivity contribution < 1.29 is 33.3 Å². The number of hydrogen-bond acceptors (Lipinski definition) is 7. The fourth-order valence-electron chi connectivity index (χ4n) is 2.52. The van der Waals surface area contributed by atoms with Gasteiger partial charge in [0, 0.05) is 0 Å². The summed E-state index contributed by atoms with van der Waals surface area (Å²) in [6.07, 6.45) is 1.89. The number of methoxy groups -OCH3 is 2. The first-order valence-corrected chi connectivity index (χ1v) is 9.45. The Morgan fingerprint density at radius 1 is 0.933 bits per heavy atom. The molecule has 0 spiro atoms. The number of benzene rings is 2. The van der Waals surface area contributed by atoms with E-state index in [1.165, 1.54) is 32.4 Å². The molecular formula is C22H25NO7. The molecule has 2 aromatic rings. The third-order valence-corrected chi connectivity index (χ3v) is 4.09. The number of carbonyl (C=O) groups is 3. The summed E-state index contributed by atoms with van der Waals surface area (Å²) in [4.78, 5) is 36.4. The van der Waals surface area contributed by atoms with Gasteiger partial charge in [0.05, 0.1) is 32.0 Å². The second kappa shape index (κ2) is 11.5. The molecule has 0 aliphatic heterocycles. The quantitative estimate of drug-likeness (QED) is 0.470. The van der Waals surface area contributed by atoms with Crippen molar-refractivity contribution >= 4 is 17.8 Å². The molecule has 2 rings (SSSR count). The van der Waals surface area contributed by atoms with Crippen LogP contribution in [0.3, 0.4) is 0 Å². The normalized spacial score (nSPS) is 10.1. The number of esters is 1. The standard InChI is InChI=1S/C22H25NO7/c1-4-5-12-29-18-11-10-15(13-19(18)28-3)22(26)30-14-20(24)23-21(25)16-8-6-7-9-17(16)27-2/h6-11,13H,4-5,12,14H2,1-3H3,(H,23,24,25). The predicted octanol–water partition coefficient (Wildman–Crippen LogP) is 3.00. The molecule has 0 aliphatic carbocycles. The lowest BCUT2D eigenvalue weighted by atomic mass is 10.2. The molecular weight excluding hydrogens is 390 g/mol. The molecule has 0 saturated heterocycles. The minimum absolute atomic E-state index is 0.193. The first kappa shape index (κ1) is 22.7. The monoisotopic (exact) mass is 415 g/mol. The van der Waals surface area contributed by atoms with Crippen LogP contribution in [-0.4, -0.2) is 45.2 Å². The lowest BCUT2D eigenvalue weighted by molar-refractivity contribution is -0.123. The van der Waals surface area contributed by atoms with Crippen LogP contribution in [0.4, 0.5) is 0 Å². The van der Waals surface area contributed by atoms with Gasteiger partial charge in [-0.3, -0.25) is 14.9 Å². The Balaban J connectivity index is 1.93. The van der Waals surface area contributed by atoms with Crippen LogP contribution in [0, 0.1) is 0 Å². The lowest BCUT2D eigenvalue weighted by Crippen LogP contribution is -2.34. The largest absolute Gasteiger partial charge is 0.496 e. The van der Waals surface area contributed by atoms with Crippen LogP contribution in [0.1, 0.15) is 40.5 Å². The van der Waals surface area contributed by atoms with Crippen molar-refractivity contribution in [2.24, 2.45) is 0 Å². The van der Waals surface area contributed by atoms with E-state index in [9.17, 15) is 14.4 Å². The minimum atomic E-state index is -0.759. The first-order chi connectivity index (χ1) is 14.5. The van der Waals surface area contributed by atoms with Gasteiger partial charge in [0.1, 0.15) is 5.75 Å². The SMILES string of the molecule is CCCCOc1ccc(C(=O)OCC(=O)NC(=O)c2ccccc2OC)cc1OC. The van der Waals surface area contributed by atoms with Gasteiger partial charge in [0.2, 0.25) is 0 Å². The maximum Gasteiger partial charge on any atom is 0.338 e. The van der Waals surface area contributed by atoms with E-state index in [4.69, 9.17) is 18.9 Å². The summed E-state index contributed by atoms with van der Waals surface area (Å²) < 4.78 is 20.9. The molecule has 0 unspecified atom stereocenters. The lowest BCUT2D eigenvalue weighted by Gasteiger charge is -2.12. The third-order valence-electron chi connectivity index (χ3n) is 4.09. The average molecular weight is 415 g/mol. The molecule has 0 aliphatic rings. The minimum Gasteiger partial charge on any atom is -0.496 e. The summed E-state index contributed by atoms with van der Waals surface area (Å²) in [7, 11) is 2.89. The van der Waals surface area contributed by atoms with E-state index >= 15 is 0 Å². The molecule has 2 aromatic carbocycles. The van der Waals surface area contributed by atoms with Crippen LogP contribution in [0.25, 0.3) is 0 Å². The number of hydrogen-bond donors (Lipinski definition) is 1. The highest BCUT2D eigenvalue weighted by Gasteiger charge is 2.17. The Hall–Kier alpha value is -3.55. The Kier molecular flexibility index (Phi) is 8.68. The second-order valence-corrected chi connectivity index (χ2v) is 6.22. The number of nitrogens with one attached hydrogen (secondary N) is 1. The van der Waals surface area contributed by atoms with Crippen molar-refractivity contribution in [2.75, 3.05) is 27.4 Å². The Morgan fingerprint density at radius 2 is 1.67 bits per heavy atom. The molecule has 0 saturated carbocycles. The predicted molar refractivity (Wildman–Crippen MR) is 109 cm³/mol. The highest BCUT2D eigenvalue weighted by Crippen LogP contribution is 2.28. The van der Waals surface area contributed by atoms with Crippen molar-refractivity contribution in [3.63, 3.8) is 0 Å². The Labute approximate surface area is 175 Å². The molecule has 8 heteroatoms. The van der Waals surface area contributed by atoms with Gasteiger partial charge in [0.15, 0.2) is 18.1 Å². The zero-order chi connectivity index (χ0) is 21.9. The summed E-state index contributed by atoms with van der Waals surface area (Å²) in [6, 6.07) is 11.1. The summed E-state index contributed by atoms with van der Waals surface area (Å²) in [6.45, 7) is 1.98. The van der Waals surface area contributed by atoms with Crippen LogP contribution in [0.2, 0.25) is 0 Å². The van der Waals surface area contributed by atoms with E-state index in [0.29, 0.717) is 23.9 Å². The van der Waals surface area contributed by atoms with Gasteiger partial charge < -0.3 is 18.9 Å². The van der Waals surface area contributed by atoms with E-state index < -0.39 is 24.4 Å². The van der Waals surface area contributed by atoms with Gasteiger partial charge in [-0.25, -0.2) is 4.79 Å². The molecule has 160 valence electrons. The molecule has 0 fully saturated rings. The number of ether oxygens (including phenoxy) is 4. The van der Waals surface area contributed by atoms with Crippen LogP contribution >= 0.6 is 0 Å². The molecule has 0 bridgehead atoms. The molecule has 0 atom stereocenters. The van der Waals surface area contributed by atoms with E-state index in [-0.39, 0.29) is 11.1 Å². The van der Waals surface area contributed by atoms with Crippen molar-refractivity contribution in [3.8, 4) is 17.2 Å². The maximum atomic E-state index is 12.2. The van der Waals surface area contributed by atoms with Gasteiger partial charge >= 0.3 is 5.97 Å². The van der Waals surface area contributed by atoms with E-state index in [0.717, 1.165) is 12.8 Å². The second-order valence-electron chi connectivity index (χ2n) is 6.22. The average Bonchev–Trinajstić information content (AvgIpc) is 2.77. The fraction of sp³-hybridized carbons (Fsp3) is 0.318. The Bertz CT molecular complexity index is 895. The van der Waals surface area contributed by atoms with Crippen LogP contribution < -0.4 is 19.5 Å². The number of para-hydroxylation sites is 1. The first-order valence-electron chi connectivity index (χ1n) is 9.45. The van der Waals surface area contributed by atoms with Crippen molar-refractivity contribution in [1.82, 2.24) is 5.32 Å². The number of rotatable bonds is 10. The molecule has 2 amide bonds. The topological polar surface area (TPSA) is 100 Å². The molecule has 1 N–H and O–H groups in total. The van der Waals surface area contributed by atoms with Crippen LogP contribution in [0.5, 0.6) is 17.2 Å². The zero-order valence-electron chi connectivity index (χ0n) is 17.2. The summed E-state index contributed by atoms with van der Waals surface area (Å²) in [5, 5.41) is 2.16. The van der Waals surface area contributed by atoms with Crippen molar-refractivity contribution in [3.05, 3.63) is 53.6 Å². The summed E-state index contributed by atoms with van der Waals surface area (Å²) >= 11 is 0. The smallest absolute Gasteiger partial charge is 0.338 e. The van der Waals surface area contributed by atoms with Gasteiger partial charge in [-0.15, -0.1) is 0 Å². The maximum absolute atomic E-state index is 12.2. The number of amides is 2. The van der Waals surface area contributed by atoms with Crippen LogP contribution in [0.15, 0.2) is 42.5 Å². The van der Waals surface area contributed by atoms with Gasteiger partial charge in [-0.05, 0) is 36.8 Å².